The molecule has 3 fully saturated rings. The standard InChI is InChI=1S/C13H23N/c1-12(2,3)10-9-13(6-7-13)14-8-4-5-11(10)14/h10-11H,4-9H2,1-3H3. The Morgan fingerprint density at radius 1 is 1.21 bits per heavy atom. The molecule has 1 heteroatoms. The third-order valence-electron chi connectivity index (χ3n) is 4.91. The minimum absolute atomic E-state index is 0.527. The van der Waals surface area contributed by atoms with Gasteiger partial charge in [-0.1, -0.05) is 20.8 Å². The van der Waals surface area contributed by atoms with Crippen molar-refractivity contribution in [2.24, 2.45) is 11.3 Å². The molecule has 1 nitrogen and oxygen atoms in total. The molecule has 0 radical (unpaired) electrons. The normalized spacial score (nSPS) is 40.5. The molecule has 2 atom stereocenters. The van der Waals surface area contributed by atoms with Crippen LogP contribution in [0.15, 0.2) is 0 Å². The number of fused-ring (bicyclic) bond motifs is 2. The summed E-state index contributed by atoms with van der Waals surface area (Å²) < 4.78 is 0. The van der Waals surface area contributed by atoms with Gasteiger partial charge in [-0.25, -0.2) is 0 Å². The topological polar surface area (TPSA) is 3.24 Å². The predicted octanol–water partition coefficient (Wildman–Crippen LogP) is 3.05. The van der Waals surface area contributed by atoms with Crippen molar-refractivity contribution in [1.82, 2.24) is 4.90 Å². The average Bonchev–Trinajstić information content (AvgIpc) is 2.56. The van der Waals surface area contributed by atoms with Crippen LogP contribution in [0.25, 0.3) is 0 Å². The summed E-state index contributed by atoms with van der Waals surface area (Å²) in [5.74, 6) is 0.965. The molecule has 0 N–H and O–H groups in total. The number of hydrogen-bond acceptors (Lipinski definition) is 1. The fourth-order valence-electron chi connectivity index (χ4n) is 3.98. The molecular weight excluding hydrogens is 170 g/mol. The molecule has 0 aromatic rings. The molecule has 80 valence electrons. The van der Waals surface area contributed by atoms with E-state index in [9.17, 15) is 0 Å². The summed E-state index contributed by atoms with van der Waals surface area (Å²) in [5.41, 5.74) is 1.23. The van der Waals surface area contributed by atoms with Crippen LogP contribution in [-0.2, 0) is 0 Å². The monoisotopic (exact) mass is 193 g/mol. The van der Waals surface area contributed by atoms with Crippen molar-refractivity contribution in [3.8, 4) is 0 Å². The minimum atomic E-state index is 0.527. The molecule has 0 aromatic heterocycles. The van der Waals surface area contributed by atoms with Crippen molar-refractivity contribution >= 4 is 0 Å². The molecule has 3 rings (SSSR count). The molecule has 1 saturated carbocycles. The van der Waals surface area contributed by atoms with E-state index in [2.05, 4.69) is 25.7 Å². The Morgan fingerprint density at radius 3 is 2.50 bits per heavy atom. The van der Waals surface area contributed by atoms with E-state index >= 15 is 0 Å². The third-order valence-corrected chi connectivity index (χ3v) is 4.91. The van der Waals surface area contributed by atoms with Crippen LogP contribution in [0.5, 0.6) is 0 Å². The maximum Gasteiger partial charge on any atom is 0.0217 e. The molecule has 0 aromatic carbocycles. The van der Waals surface area contributed by atoms with Crippen LogP contribution in [0.3, 0.4) is 0 Å². The van der Waals surface area contributed by atoms with E-state index in [0.717, 1.165) is 12.0 Å². The Labute approximate surface area is 87.9 Å². The average molecular weight is 193 g/mol. The van der Waals surface area contributed by atoms with E-state index in [1.165, 1.54) is 38.6 Å². The molecule has 2 saturated heterocycles. The van der Waals surface area contributed by atoms with Crippen LogP contribution in [0, 0.1) is 11.3 Å². The van der Waals surface area contributed by atoms with Crippen LogP contribution in [-0.4, -0.2) is 23.0 Å². The van der Waals surface area contributed by atoms with Crippen molar-refractivity contribution in [2.75, 3.05) is 6.54 Å². The van der Waals surface area contributed by atoms with Gasteiger partial charge in [0.2, 0.25) is 0 Å². The number of nitrogens with zero attached hydrogens (tertiary/aromatic N) is 1. The molecule has 0 bridgehead atoms. The summed E-state index contributed by atoms with van der Waals surface area (Å²) in [4.78, 5) is 2.88. The van der Waals surface area contributed by atoms with Crippen LogP contribution < -0.4 is 0 Å². The van der Waals surface area contributed by atoms with Crippen LogP contribution in [0.4, 0.5) is 0 Å². The molecule has 3 aliphatic rings. The fourth-order valence-corrected chi connectivity index (χ4v) is 3.98. The lowest BCUT2D eigenvalue weighted by Gasteiger charge is -2.32. The summed E-state index contributed by atoms with van der Waals surface area (Å²) >= 11 is 0. The highest BCUT2D eigenvalue weighted by atomic mass is 15.3. The molecule has 2 aliphatic heterocycles. The number of rotatable bonds is 0. The van der Waals surface area contributed by atoms with E-state index in [1.807, 2.05) is 0 Å². The summed E-state index contributed by atoms with van der Waals surface area (Å²) in [6, 6.07) is 0.942. The summed E-state index contributed by atoms with van der Waals surface area (Å²) in [6.45, 7) is 8.72. The lowest BCUT2D eigenvalue weighted by atomic mass is 9.75. The highest BCUT2D eigenvalue weighted by Crippen LogP contribution is 2.59. The van der Waals surface area contributed by atoms with Gasteiger partial charge in [-0.05, 0) is 50.0 Å². The molecule has 0 amide bonds. The summed E-state index contributed by atoms with van der Waals surface area (Å²) in [6.07, 6.45) is 7.43. The first-order valence-corrected chi connectivity index (χ1v) is 6.30. The van der Waals surface area contributed by atoms with Gasteiger partial charge in [0, 0.05) is 11.6 Å². The van der Waals surface area contributed by atoms with Gasteiger partial charge < -0.3 is 0 Å². The van der Waals surface area contributed by atoms with Gasteiger partial charge in [-0.15, -0.1) is 0 Å². The Kier molecular flexibility index (Phi) is 1.68. The zero-order chi connectivity index (χ0) is 9.97. The van der Waals surface area contributed by atoms with Crippen LogP contribution >= 0.6 is 0 Å². The molecule has 2 heterocycles. The van der Waals surface area contributed by atoms with E-state index in [-0.39, 0.29) is 0 Å². The van der Waals surface area contributed by atoms with E-state index < -0.39 is 0 Å². The van der Waals surface area contributed by atoms with E-state index in [1.54, 1.807) is 0 Å². The van der Waals surface area contributed by atoms with Crippen molar-refractivity contribution < 1.29 is 0 Å². The quantitative estimate of drug-likeness (QED) is 0.571. The van der Waals surface area contributed by atoms with Gasteiger partial charge in [-0.3, -0.25) is 4.90 Å². The lowest BCUT2D eigenvalue weighted by molar-refractivity contribution is 0.171. The second-order valence-corrected chi connectivity index (χ2v) is 6.80. The molecule has 14 heavy (non-hydrogen) atoms. The second kappa shape index (κ2) is 2.55. The first kappa shape index (κ1) is 9.21. The first-order valence-electron chi connectivity index (χ1n) is 6.30. The molecule has 1 aliphatic carbocycles. The zero-order valence-electron chi connectivity index (χ0n) is 9.84. The molecule has 2 unspecified atom stereocenters. The summed E-state index contributed by atoms with van der Waals surface area (Å²) in [7, 11) is 0. The smallest absolute Gasteiger partial charge is 0.0217 e. The van der Waals surface area contributed by atoms with Crippen molar-refractivity contribution in [2.45, 2.75) is 64.5 Å². The van der Waals surface area contributed by atoms with E-state index in [4.69, 9.17) is 0 Å². The maximum atomic E-state index is 2.88. The van der Waals surface area contributed by atoms with Crippen LogP contribution in [0.1, 0.15) is 52.9 Å². The van der Waals surface area contributed by atoms with Crippen molar-refractivity contribution in [3.63, 3.8) is 0 Å². The minimum Gasteiger partial charge on any atom is -0.294 e. The lowest BCUT2D eigenvalue weighted by Crippen LogP contribution is -2.35. The Balaban J connectivity index is 1.88. The highest BCUT2D eigenvalue weighted by molar-refractivity contribution is 5.16. The third kappa shape index (κ3) is 1.11. The van der Waals surface area contributed by atoms with Crippen molar-refractivity contribution in [3.05, 3.63) is 0 Å². The van der Waals surface area contributed by atoms with Gasteiger partial charge in [-0.2, -0.15) is 0 Å². The largest absolute Gasteiger partial charge is 0.294 e. The first-order chi connectivity index (χ1) is 6.53. The van der Waals surface area contributed by atoms with Gasteiger partial charge >= 0.3 is 0 Å². The maximum absolute atomic E-state index is 2.88. The fraction of sp³-hybridized carbons (Fsp3) is 1.00. The van der Waals surface area contributed by atoms with Gasteiger partial charge in [0.05, 0.1) is 0 Å². The second-order valence-electron chi connectivity index (χ2n) is 6.80. The van der Waals surface area contributed by atoms with Crippen LogP contribution in [0.2, 0.25) is 0 Å². The Hall–Kier alpha value is -0.0400. The van der Waals surface area contributed by atoms with Gasteiger partial charge in [0.25, 0.3) is 0 Å². The zero-order valence-corrected chi connectivity index (χ0v) is 9.84. The van der Waals surface area contributed by atoms with E-state index in [0.29, 0.717) is 11.0 Å². The Morgan fingerprint density at radius 2 is 1.93 bits per heavy atom. The van der Waals surface area contributed by atoms with Gasteiger partial charge in [0.15, 0.2) is 0 Å². The predicted molar refractivity (Wildman–Crippen MR) is 59.3 cm³/mol. The molecule has 1 spiro atoms. The number of hydrogen-bond donors (Lipinski definition) is 0. The Bertz CT molecular complexity index is 246. The SMILES string of the molecule is CC(C)(C)C1CC2(CC2)N2CCCC12. The molecular formula is C13H23N. The van der Waals surface area contributed by atoms with Crippen molar-refractivity contribution in [1.29, 1.82) is 0 Å². The summed E-state index contributed by atoms with van der Waals surface area (Å²) in [5, 5.41) is 0. The highest BCUT2D eigenvalue weighted by Gasteiger charge is 2.61. The van der Waals surface area contributed by atoms with Gasteiger partial charge in [0.1, 0.15) is 0 Å².